The Balaban J connectivity index is 1.44. The number of hydrogen-bond acceptors (Lipinski definition) is 2. The van der Waals surface area contributed by atoms with E-state index in [1.165, 1.54) is 103 Å². The molecular formula is C40H52N2. The molecule has 3 atom stereocenters. The van der Waals surface area contributed by atoms with Gasteiger partial charge in [-0.25, -0.2) is 0 Å². The molecule has 5 rings (SSSR count). The topological polar surface area (TPSA) is 6.48 Å². The van der Waals surface area contributed by atoms with Crippen molar-refractivity contribution in [3.63, 3.8) is 0 Å². The SMILES string of the molecule is C=C(C)C1CCCCC1c1cccc(N(C(=C)C2CCCCC2)C(C)c2ccc(-c3ccc(N(C)CC)cc3)cc2)c1. The van der Waals surface area contributed by atoms with Crippen LogP contribution in [0.2, 0.25) is 0 Å². The van der Waals surface area contributed by atoms with Crippen LogP contribution in [0.1, 0.15) is 102 Å². The molecule has 3 aromatic rings. The van der Waals surface area contributed by atoms with Gasteiger partial charge in [-0.15, -0.1) is 0 Å². The third-order valence-electron chi connectivity index (χ3n) is 10.3. The van der Waals surface area contributed by atoms with Crippen molar-refractivity contribution in [2.24, 2.45) is 11.8 Å². The zero-order valence-corrected chi connectivity index (χ0v) is 26.6. The normalized spacial score (nSPS) is 20.1. The maximum Gasteiger partial charge on any atom is 0.0560 e. The molecule has 2 fully saturated rings. The van der Waals surface area contributed by atoms with Crippen molar-refractivity contribution in [2.75, 3.05) is 23.4 Å². The zero-order valence-electron chi connectivity index (χ0n) is 26.6. The Bertz CT molecular complexity index is 1330. The van der Waals surface area contributed by atoms with Crippen LogP contribution in [-0.4, -0.2) is 13.6 Å². The largest absolute Gasteiger partial charge is 0.375 e. The second-order valence-corrected chi connectivity index (χ2v) is 13.0. The van der Waals surface area contributed by atoms with Crippen molar-refractivity contribution >= 4 is 11.4 Å². The highest BCUT2D eigenvalue weighted by Gasteiger charge is 2.30. The molecule has 0 aliphatic heterocycles. The Labute approximate surface area is 256 Å². The number of hydrogen-bond donors (Lipinski definition) is 0. The van der Waals surface area contributed by atoms with Gasteiger partial charge in [-0.05, 0) is 111 Å². The average Bonchev–Trinajstić information content (AvgIpc) is 3.05. The summed E-state index contributed by atoms with van der Waals surface area (Å²) in [5, 5.41) is 0. The summed E-state index contributed by atoms with van der Waals surface area (Å²) in [4.78, 5) is 4.84. The van der Waals surface area contributed by atoms with Crippen LogP contribution in [0.15, 0.2) is 97.2 Å². The maximum absolute atomic E-state index is 4.79. The van der Waals surface area contributed by atoms with E-state index in [0.717, 1.165) is 6.54 Å². The Kier molecular flexibility index (Phi) is 9.93. The second kappa shape index (κ2) is 13.8. The summed E-state index contributed by atoms with van der Waals surface area (Å²) in [5.74, 6) is 1.71. The molecule has 2 aliphatic rings. The lowest BCUT2D eigenvalue weighted by molar-refractivity contribution is 0.348. The molecule has 0 heterocycles. The van der Waals surface area contributed by atoms with Crippen molar-refractivity contribution < 1.29 is 0 Å². The van der Waals surface area contributed by atoms with Crippen LogP contribution in [0, 0.1) is 11.8 Å². The van der Waals surface area contributed by atoms with E-state index in [0.29, 0.717) is 17.8 Å². The van der Waals surface area contributed by atoms with Crippen molar-refractivity contribution in [1.29, 1.82) is 0 Å². The predicted molar refractivity (Wildman–Crippen MR) is 183 cm³/mol. The summed E-state index contributed by atoms with van der Waals surface area (Å²) in [6.45, 7) is 17.0. The number of rotatable bonds is 10. The van der Waals surface area contributed by atoms with Gasteiger partial charge < -0.3 is 9.80 Å². The summed E-state index contributed by atoms with van der Waals surface area (Å²) < 4.78 is 0. The number of anilines is 2. The van der Waals surface area contributed by atoms with E-state index in [-0.39, 0.29) is 6.04 Å². The lowest BCUT2D eigenvalue weighted by Gasteiger charge is -2.39. The molecule has 3 aromatic carbocycles. The number of nitrogens with zero attached hydrogens (tertiary/aromatic N) is 2. The summed E-state index contributed by atoms with van der Waals surface area (Å²) in [6, 6.07) is 27.8. The molecule has 3 unspecified atom stereocenters. The minimum Gasteiger partial charge on any atom is -0.375 e. The van der Waals surface area contributed by atoms with Gasteiger partial charge in [-0.1, -0.05) is 99.4 Å². The minimum absolute atomic E-state index is 0.201. The summed E-state index contributed by atoms with van der Waals surface area (Å²) in [7, 11) is 2.14. The van der Waals surface area contributed by atoms with Crippen LogP contribution < -0.4 is 9.80 Å². The van der Waals surface area contributed by atoms with Crippen LogP contribution in [0.5, 0.6) is 0 Å². The molecule has 2 saturated carbocycles. The molecule has 0 N–H and O–H groups in total. The maximum atomic E-state index is 4.79. The van der Waals surface area contributed by atoms with Gasteiger partial charge in [-0.3, -0.25) is 0 Å². The molecule has 2 aliphatic carbocycles. The average molecular weight is 561 g/mol. The second-order valence-electron chi connectivity index (χ2n) is 13.0. The highest BCUT2D eigenvalue weighted by Crippen LogP contribution is 2.44. The Morgan fingerprint density at radius 3 is 2.05 bits per heavy atom. The molecule has 0 spiro atoms. The van der Waals surface area contributed by atoms with E-state index in [4.69, 9.17) is 6.58 Å². The molecule has 2 heteroatoms. The van der Waals surface area contributed by atoms with Crippen molar-refractivity contribution in [1.82, 2.24) is 0 Å². The summed E-state index contributed by atoms with van der Waals surface area (Å²) in [6.07, 6.45) is 11.7. The molecule has 0 radical (unpaired) electrons. The van der Waals surface area contributed by atoms with E-state index >= 15 is 0 Å². The Morgan fingerprint density at radius 2 is 1.40 bits per heavy atom. The predicted octanol–water partition coefficient (Wildman–Crippen LogP) is 11.3. The smallest absolute Gasteiger partial charge is 0.0560 e. The third kappa shape index (κ3) is 6.69. The summed E-state index contributed by atoms with van der Waals surface area (Å²) >= 11 is 0. The molecular weight excluding hydrogens is 508 g/mol. The van der Waals surface area contributed by atoms with Gasteiger partial charge in [0, 0.05) is 30.7 Å². The first-order valence-corrected chi connectivity index (χ1v) is 16.5. The van der Waals surface area contributed by atoms with Crippen LogP contribution in [-0.2, 0) is 0 Å². The van der Waals surface area contributed by atoms with Gasteiger partial charge in [0.2, 0.25) is 0 Å². The van der Waals surface area contributed by atoms with Crippen molar-refractivity contribution in [3.8, 4) is 11.1 Å². The fourth-order valence-corrected chi connectivity index (χ4v) is 7.49. The van der Waals surface area contributed by atoms with Crippen LogP contribution in [0.4, 0.5) is 11.4 Å². The molecule has 0 amide bonds. The molecule has 2 nitrogen and oxygen atoms in total. The van der Waals surface area contributed by atoms with Gasteiger partial charge in [0.1, 0.15) is 0 Å². The van der Waals surface area contributed by atoms with Gasteiger partial charge in [-0.2, -0.15) is 0 Å². The highest BCUT2D eigenvalue weighted by molar-refractivity contribution is 5.67. The van der Waals surface area contributed by atoms with Crippen LogP contribution in [0.3, 0.4) is 0 Å². The van der Waals surface area contributed by atoms with E-state index in [9.17, 15) is 0 Å². The van der Waals surface area contributed by atoms with E-state index in [1.807, 2.05) is 0 Å². The van der Waals surface area contributed by atoms with Gasteiger partial charge in [0.05, 0.1) is 6.04 Å². The Hall–Kier alpha value is -3.26. The minimum atomic E-state index is 0.201. The monoisotopic (exact) mass is 560 g/mol. The van der Waals surface area contributed by atoms with E-state index in [1.54, 1.807) is 0 Å². The van der Waals surface area contributed by atoms with E-state index in [2.05, 4.69) is 117 Å². The molecule has 0 aromatic heterocycles. The van der Waals surface area contributed by atoms with Crippen LogP contribution in [0.25, 0.3) is 11.1 Å². The first-order valence-electron chi connectivity index (χ1n) is 16.5. The van der Waals surface area contributed by atoms with E-state index < -0.39 is 0 Å². The summed E-state index contributed by atoms with van der Waals surface area (Å²) in [5.41, 5.74) is 10.5. The fourth-order valence-electron chi connectivity index (χ4n) is 7.49. The molecule has 222 valence electrons. The molecule has 0 bridgehead atoms. The first-order chi connectivity index (χ1) is 20.4. The lowest BCUT2D eigenvalue weighted by Crippen LogP contribution is -2.30. The fraction of sp³-hybridized carbons (Fsp3) is 0.450. The quantitative estimate of drug-likeness (QED) is 0.228. The Morgan fingerprint density at radius 1 is 0.786 bits per heavy atom. The van der Waals surface area contributed by atoms with Crippen molar-refractivity contribution in [3.05, 3.63) is 108 Å². The zero-order chi connectivity index (χ0) is 29.6. The van der Waals surface area contributed by atoms with Gasteiger partial charge >= 0.3 is 0 Å². The molecule has 0 saturated heterocycles. The van der Waals surface area contributed by atoms with Gasteiger partial charge in [0.15, 0.2) is 0 Å². The molecule has 42 heavy (non-hydrogen) atoms. The van der Waals surface area contributed by atoms with Crippen LogP contribution >= 0.6 is 0 Å². The number of allylic oxidation sites excluding steroid dienone is 2. The standard InChI is InChI=1S/C40H52N2/c1-7-41(6)37-26-24-35(25-27-37)34-22-20-33(21-23-34)31(5)42(30(4)32-14-9-8-10-15-32)38-17-13-16-36(28-38)40-19-12-11-18-39(40)29(2)3/h13,16-17,20-28,31-32,39-40H,2,4,7-12,14-15,18-19H2,1,3,5-6H3. The first kappa shape index (κ1) is 30.2. The number of benzene rings is 3. The van der Waals surface area contributed by atoms with Gasteiger partial charge in [0.25, 0.3) is 0 Å². The lowest BCUT2D eigenvalue weighted by atomic mass is 9.72. The highest BCUT2D eigenvalue weighted by atomic mass is 15.2. The van der Waals surface area contributed by atoms with Crippen molar-refractivity contribution in [2.45, 2.75) is 90.5 Å². The third-order valence-corrected chi connectivity index (χ3v) is 10.3.